The van der Waals surface area contributed by atoms with E-state index in [9.17, 15) is 19.8 Å². The number of aryl methyl sites for hydroxylation is 1. The summed E-state index contributed by atoms with van der Waals surface area (Å²) in [4.78, 5) is 26.2. The van der Waals surface area contributed by atoms with Crippen molar-refractivity contribution < 1.29 is 19.7 Å². The number of rotatable bonds is 3. The van der Waals surface area contributed by atoms with Crippen molar-refractivity contribution in [2.24, 2.45) is 0 Å². The molecule has 0 amide bonds. The normalized spacial score (nSPS) is 32.6. The average molecular weight is 439 g/mol. The van der Waals surface area contributed by atoms with Crippen molar-refractivity contribution in [3.8, 4) is 0 Å². The van der Waals surface area contributed by atoms with E-state index in [-0.39, 0.29) is 13.0 Å². The lowest BCUT2D eigenvalue weighted by Crippen LogP contribution is -2.37. The first kappa shape index (κ1) is 18.6. The lowest BCUT2D eigenvalue weighted by atomic mass is 9.86. The second-order valence-electron chi connectivity index (χ2n) is 6.92. The van der Waals surface area contributed by atoms with E-state index >= 15 is 0 Å². The molecule has 3 heterocycles. The average Bonchev–Trinajstić information content (AvgIpc) is 3.14. The first-order valence-electron chi connectivity index (χ1n) is 8.56. The molecule has 8 nitrogen and oxygen atoms in total. The van der Waals surface area contributed by atoms with E-state index in [2.05, 4.69) is 20.9 Å². The van der Waals surface area contributed by atoms with Gasteiger partial charge in [0.15, 0.2) is 0 Å². The number of aromatic amines is 1. The van der Waals surface area contributed by atoms with E-state index in [1.54, 1.807) is 6.92 Å². The summed E-state index contributed by atoms with van der Waals surface area (Å²) < 4.78 is 14.3. The Morgan fingerprint density at radius 1 is 1.41 bits per heavy atom. The van der Waals surface area contributed by atoms with E-state index in [4.69, 9.17) is 9.47 Å². The fourth-order valence-corrected chi connectivity index (χ4v) is 4.32. The summed E-state index contributed by atoms with van der Waals surface area (Å²) in [6, 6.07) is 7.44. The van der Waals surface area contributed by atoms with Crippen molar-refractivity contribution in [1.82, 2.24) is 9.55 Å². The molecular weight excluding hydrogens is 420 g/mol. The van der Waals surface area contributed by atoms with Gasteiger partial charge in [0, 0.05) is 22.7 Å². The van der Waals surface area contributed by atoms with Gasteiger partial charge in [0.1, 0.15) is 30.1 Å². The van der Waals surface area contributed by atoms with Crippen molar-refractivity contribution in [1.29, 1.82) is 0 Å². The number of ether oxygens (including phenoxy) is 2. The number of hydrogen-bond acceptors (Lipinski definition) is 6. The van der Waals surface area contributed by atoms with Crippen LogP contribution in [0.4, 0.5) is 0 Å². The fraction of sp³-hybridized carbons (Fsp3) is 0.444. The first-order chi connectivity index (χ1) is 12.9. The van der Waals surface area contributed by atoms with E-state index in [1.807, 2.05) is 24.3 Å². The smallest absolute Gasteiger partial charge is 0.330 e. The number of halogens is 1. The topological polar surface area (TPSA) is 114 Å². The van der Waals surface area contributed by atoms with Gasteiger partial charge in [0.05, 0.1) is 6.61 Å². The molecule has 0 bridgehead atoms. The SMILES string of the molecule is Cc1cn([C@@H]2C[C@@]3(c4cccc(Br)c4)O[C@H](CO)[C@@H](O)[C@H]3O2)c(=O)[nH]c1=O. The van der Waals surface area contributed by atoms with Crippen LogP contribution in [0.25, 0.3) is 0 Å². The third kappa shape index (κ3) is 2.90. The number of nitrogens with one attached hydrogen (secondary N) is 1. The van der Waals surface area contributed by atoms with Crippen LogP contribution in [0, 0.1) is 6.92 Å². The predicted octanol–water partition coefficient (Wildman–Crippen LogP) is 0.543. The van der Waals surface area contributed by atoms with Gasteiger partial charge in [0.2, 0.25) is 0 Å². The minimum Gasteiger partial charge on any atom is -0.394 e. The zero-order chi connectivity index (χ0) is 19.3. The van der Waals surface area contributed by atoms with Gasteiger partial charge in [-0.2, -0.15) is 0 Å². The highest BCUT2D eigenvalue weighted by molar-refractivity contribution is 9.10. The van der Waals surface area contributed by atoms with Crippen LogP contribution in [0.3, 0.4) is 0 Å². The number of fused-ring (bicyclic) bond motifs is 1. The molecule has 0 saturated carbocycles. The van der Waals surface area contributed by atoms with Gasteiger partial charge in [-0.05, 0) is 24.6 Å². The molecule has 144 valence electrons. The second-order valence-corrected chi connectivity index (χ2v) is 7.84. The molecule has 9 heteroatoms. The minimum absolute atomic E-state index is 0.243. The third-order valence-corrected chi connectivity index (χ3v) is 5.74. The monoisotopic (exact) mass is 438 g/mol. The molecule has 2 aliphatic rings. The maximum Gasteiger partial charge on any atom is 0.330 e. The molecule has 0 unspecified atom stereocenters. The highest BCUT2D eigenvalue weighted by Gasteiger charge is 2.62. The third-order valence-electron chi connectivity index (χ3n) is 5.24. The molecule has 1 aromatic carbocycles. The number of aromatic nitrogens is 2. The quantitative estimate of drug-likeness (QED) is 0.644. The summed E-state index contributed by atoms with van der Waals surface area (Å²) in [6.07, 6.45) is -1.66. The van der Waals surface area contributed by atoms with Gasteiger partial charge in [0.25, 0.3) is 5.56 Å². The molecule has 0 radical (unpaired) electrons. The Hall–Kier alpha value is -1.78. The maximum atomic E-state index is 12.3. The van der Waals surface area contributed by atoms with Crippen molar-refractivity contribution in [3.63, 3.8) is 0 Å². The number of hydrogen-bond donors (Lipinski definition) is 3. The van der Waals surface area contributed by atoms with Crippen molar-refractivity contribution in [2.45, 2.75) is 43.5 Å². The Kier molecular flexibility index (Phi) is 4.59. The molecule has 2 fully saturated rings. The lowest BCUT2D eigenvalue weighted by molar-refractivity contribution is -0.0810. The Bertz CT molecular complexity index is 988. The zero-order valence-electron chi connectivity index (χ0n) is 14.5. The van der Waals surface area contributed by atoms with Crippen LogP contribution in [0.1, 0.15) is 23.8 Å². The molecule has 2 aromatic rings. The number of aliphatic hydroxyl groups excluding tert-OH is 2. The van der Waals surface area contributed by atoms with Gasteiger partial charge in [-0.3, -0.25) is 14.3 Å². The summed E-state index contributed by atoms with van der Waals surface area (Å²) in [7, 11) is 0. The highest BCUT2D eigenvalue weighted by atomic mass is 79.9. The highest BCUT2D eigenvalue weighted by Crippen LogP contribution is 2.53. The second kappa shape index (κ2) is 6.68. The van der Waals surface area contributed by atoms with Crippen molar-refractivity contribution >= 4 is 15.9 Å². The maximum absolute atomic E-state index is 12.3. The van der Waals surface area contributed by atoms with E-state index in [0.29, 0.717) is 5.56 Å². The Balaban J connectivity index is 1.80. The van der Waals surface area contributed by atoms with Gasteiger partial charge < -0.3 is 19.7 Å². The fourth-order valence-electron chi connectivity index (χ4n) is 3.92. The summed E-state index contributed by atoms with van der Waals surface area (Å²) in [5.41, 5.74) is -0.916. The molecular formula is C18H19BrN2O6. The first-order valence-corrected chi connectivity index (χ1v) is 9.35. The largest absolute Gasteiger partial charge is 0.394 e. The molecule has 1 aromatic heterocycles. The van der Waals surface area contributed by atoms with Gasteiger partial charge in [-0.25, -0.2) is 4.79 Å². The molecule has 3 N–H and O–H groups in total. The zero-order valence-corrected chi connectivity index (χ0v) is 16.0. The van der Waals surface area contributed by atoms with E-state index in [1.165, 1.54) is 10.8 Å². The molecule has 2 aliphatic heterocycles. The molecule has 5 atom stereocenters. The van der Waals surface area contributed by atoms with Crippen LogP contribution >= 0.6 is 15.9 Å². The van der Waals surface area contributed by atoms with E-state index in [0.717, 1.165) is 10.0 Å². The Morgan fingerprint density at radius 2 is 2.19 bits per heavy atom. The Labute approximate surface area is 162 Å². The van der Waals surface area contributed by atoms with Crippen molar-refractivity contribution in [2.75, 3.05) is 6.61 Å². The van der Waals surface area contributed by atoms with Gasteiger partial charge in [-0.1, -0.05) is 28.1 Å². The number of benzene rings is 1. The van der Waals surface area contributed by atoms with Crippen molar-refractivity contribution in [3.05, 3.63) is 66.9 Å². The lowest BCUT2D eigenvalue weighted by Gasteiger charge is -2.28. The number of H-pyrrole nitrogens is 1. The van der Waals surface area contributed by atoms with Crippen LogP contribution in [0.2, 0.25) is 0 Å². The molecule has 4 rings (SSSR count). The van der Waals surface area contributed by atoms with Crippen LogP contribution in [-0.4, -0.2) is 44.7 Å². The van der Waals surface area contributed by atoms with Gasteiger partial charge in [-0.15, -0.1) is 0 Å². The number of nitrogens with zero attached hydrogens (tertiary/aromatic N) is 1. The van der Waals surface area contributed by atoms with Crippen LogP contribution in [-0.2, 0) is 15.1 Å². The van der Waals surface area contributed by atoms with E-state index < -0.39 is 41.4 Å². The van der Waals surface area contributed by atoms with Gasteiger partial charge >= 0.3 is 5.69 Å². The molecule has 0 aliphatic carbocycles. The van der Waals surface area contributed by atoms with Crippen LogP contribution in [0.15, 0.2) is 44.5 Å². The molecule has 27 heavy (non-hydrogen) atoms. The number of aliphatic hydroxyl groups is 2. The van der Waals surface area contributed by atoms with Crippen LogP contribution < -0.4 is 11.2 Å². The van der Waals surface area contributed by atoms with Crippen LogP contribution in [0.5, 0.6) is 0 Å². The Morgan fingerprint density at radius 3 is 2.89 bits per heavy atom. The summed E-state index contributed by atoms with van der Waals surface area (Å²) in [6.45, 7) is 1.25. The summed E-state index contributed by atoms with van der Waals surface area (Å²) >= 11 is 3.44. The molecule has 0 spiro atoms. The minimum atomic E-state index is -1.06. The standard InChI is InChI=1S/C18H19BrN2O6/c1-9-7-21(17(25)20-16(9)24)13-6-18(10-3-2-4-11(19)5-10)15(26-13)14(23)12(8-22)27-18/h2-5,7,12-15,22-23H,6,8H2,1H3,(H,20,24,25)/t12-,13+,14-,15-,18+/m1/s1. The summed E-state index contributed by atoms with van der Waals surface area (Å²) in [5.74, 6) is 0. The summed E-state index contributed by atoms with van der Waals surface area (Å²) in [5, 5.41) is 20.2. The molecule has 2 saturated heterocycles. The predicted molar refractivity (Wildman–Crippen MR) is 98.4 cm³/mol.